The molecule has 0 bridgehead atoms. The number of carbonyl (C=O) groups is 1. The number of amides is 2. The molecule has 2 amide bonds. The van der Waals surface area contributed by atoms with Crippen molar-refractivity contribution in [1.29, 1.82) is 0 Å². The molecule has 6 heteroatoms. The van der Waals surface area contributed by atoms with Crippen molar-refractivity contribution in [2.75, 3.05) is 56.6 Å². The molecular formula is C18H30N4O2. The molecule has 24 heavy (non-hydrogen) atoms. The van der Waals surface area contributed by atoms with Crippen LogP contribution >= 0.6 is 0 Å². The number of hydrogen-bond acceptors (Lipinski definition) is 4. The van der Waals surface area contributed by atoms with E-state index in [4.69, 9.17) is 0 Å². The summed E-state index contributed by atoms with van der Waals surface area (Å²) in [7, 11) is 2.02. The Kier molecular flexibility index (Phi) is 6.87. The van der Waals surface area contributed by atoms with Crippen molar-refractivity contribution in [3.8, 4) is 0 Å². The normalized spacial score (nSPS) is 16.8. The Balaban J connectivity index is 1.95. The van der Waals surface area contributed by atoms with Gasteiger partial charge in [-0.1, -0.05) is 19.1 Å². The largest absolute Gasteiger partial charge is 0.395 e. The van der Waals surface area contributed by atoms with Gasteiger partial charge >= 0.3 is 6.03 Å². The monoisotopic (exact) mass is 334 g/mol. The van der Waals surface area contributed by atoms with Gasteiger partial charge in [-0.3, -0.25) is 4.90 Å². The van der Waals surface area contributed by atoms with Crippen molar-refractivity contribution in [3.05, 3.63) is 24.3 Å². The number of anilines is 2. The maximum absolute atomic E-state index is 12.6. The molecule has 0 unspecified atom stereocenters. The van der Waals surface area contributed by atoms with Crippen LogP contribution in [0.15, 0.2) is 24.3 Å². The summed E-state index contributed by atoms with van der Waals surface area (Å²) >= 11 is 0. The SMILES string of the molecule is CC[C@H](CO)N1CCN(C(=O)Nc2ccccc2N(C)CC)CC1. The molecule has 1 aromatic rings. The number of para-hydroxylation sites is 2. The van der Waals surface area contributed by atoms with E-state index in [0.29, 0.717) is 13.1 Å². The number of benzene rings is 1. The minimum Gasteiger partial charge on any atom is -0.395 e. The quantitative estimate of drug-likeness (QED) is 0.836. The summed E-state index contributed by atoms with van der Waals surface area (Å²) in [6, 6.07) is 8.03. The second kappa shape index (κ2) is 8.89. The first kappa shape index (κ1) is 18.5. The van der Waals surface area contributed by atoms with Crippen LogP contribution in [0.3, 0.4) is 0 Å². The molecule has 0 aromatic heterocycles. The molecule has 0 spiro atoms. The number of aliphatic hydroxyl groups is 1. The lowest BCUT2D eigenvalue weighted by Crippen LogP contribution is -2.53. The first-order valence-corrected chi connectivity index (χ1v) is 8.81. The van der Waals surface area contributed by atoms with Crippen molar-refractivity contribution in [1.82, 2.24) is 9.80 Å². The number of nitrogens with zero attached hydrogens (tertiary/aromatic N) is 3. The van der Waals surface area contributed by atoms with Crippen LogP contribution in [-0.4, -0.2) is 73.4 Å². The zero-order valence-corrected chi connectivity index (χ0v) is 15.0. The average Bonchev–Trinajstić information content (AvgIpc) is 2.63. The number of hydrogen-bond donors (Lipinski definition) is 2. The topological polar surface area (TPSA) is 59.1 Å². The zero-order chi connectivity index (χ0) is 17.5. The molecular weight excluding hydrogens is 304 g/mol. The first-order valence-electron chi connectivity index (χ1n) is 8.81. The molecule has 1 aliphatic rings. The van der Waals surface area contributed by atoms with E-state index < -0.39 is 0 Å². The van der Waals surface area contributed by atoms with Crippen LogP contribution in [0.4, 0.5) is 16.2 Å². The number of urea groups is 1. The summed E-state index contributed by atoms with van der Waals surface area (Å²) in [5, 5.41) is 12.5. The molecule has 1 aromatic carbocycles. The van der Waals surface area contributed by atoms with E-state index in [1.807, 2.05) is 36.2 Å². The van der Waals surface area contributed by atoms with Gasteiger partial charge in [0.1, 0.15) is 0 Å². The van der Waals surface area contributed by atoms with Crippen LogP contribution in [-0.2, 0) is 0 Å². The second-order valence-corrected chi connectivity index (χ2v) is 6.23. The van der Waals surface area contributed by atoms with Gasteiger partial charge in [0.05, 0.1) is 18.0 Å². The molecule has 1 heterocycles. The summed E-state index contributed by atoms with van der Waals surface area (Å²) in [4.78, 5) is 18.8. The Morgan fingerprint density at radius 1 is 1.25 bits per heavy atom. The number of nitrogens with one attached hydrogen (secondary N) is 1. The Hall–Kier alpha value is -1.79. The number of carbonyl (C=O) groups excluding carboxylic acids is 1. The van der Waals surface area contributed by atoms with Gasteiger partial charge in [-0.25, -0.2) is 4.79 Å². The third-order valence-electron chi connectivity index (χ3n) is 4.83. The Morgan fingerprint density at radius 3 is 2.50 bits per heavy atom. The van der Waals surface area contributed by atoms with Crippen LogP contribution in [0.5, 0.6) is 0 Å². The maximum atomic E-state index is 12.6. The minimum atomic E-state index is -0.0522. The second-order valence-electron chi connectivity index (χ2n) is 6.23. The molecule has 0 saturated carbocycles. The van der Waals surface area contributed by atoms with Gasteiger partial charge in [0.15, 0.2) is 0 Å². The standard InChI is InChI=1S/C18H30N4O2/c1-4-15(14-23)21-10-12-22(13-11-21)18(24)19-16-8-6-7-9-17(16)20(3)5-2/h6-9,15,23H,4-5,10-14H2,1-3H3,(H,19,24)/t15-/m1/s1. The van der Waals surface area contributed by atoms with E-state index in [2.05, 4.69) is 29.0 Å². The third kappa shape index (κ3) is 4.39. The fourth-order valence-electron chi connectivity index (χ4n) is 3.07. The highest BCUT2D eigenvalue weighted by atomic mass is 16.3. The van der Waals surface area contributed by atoms with Gasteiger partial charge in [0.25, 0.3) is 0 Å². The number of piperazine rings is 1. The van der Waals surface area contributed by atoms with Crippen molar-refractivity contribution in [3.63, 3.8) is 0 Å². The van der Waals surface area contributed by atoms with E-state index in [-0.39, 0.29) is 18.7 Å². The van der Waals surface area contributed by atoms with Gasteiger partial charge in [-0.05, 0) is 25.5 Å². The maximum Gasteiger partial charge on any atom is 0.321 e. The highest BCUT2D eigenvalue weighted by Gasteiger charge is 2.25. The lowest BCUT2D eigenvalue weighted by atomic mass is 10.1. The molecule has 134 valence electrons. The molecule has 1 saturated heterocycles. The van der Waals surface area contributed by atoms with Gasteiger partial charge < -0.3 is 20.2 Å². The predicted octanol–water partition coefficient (Wildman–Crippen LogP) is 2.06. The number of aliphatic hydroxyl groups excluding tert-OH is 1. The van der Waals surface area contributed by atoms with Crippen molar-refractivity contribution >= 4 is 17.4 Å². The van der Waals surface area contributed by atoms with E-state index >= 15 is 0 Å². The Labute approximate surface area is 145 Å². The van der Waals surface area contributed by atoms with E-state index in [1.165, 1.54) is 0 Å². The summed E-state index contributed by atoms with van der Waals surface area (Å²) < 4.78 is 0. The highest BCUT2D eigenvalue weighted by molar-refractivity contribution is 5.93. The van der Waals surface area contributed by atoms with Gasteiger partial charge in [0, 0.05) is 45.8 Å². The molecule has 0 radical (unpaired) electrons. The number of rotatable bonds is 6. The molecule has 0 aliphatic carbocycles. The molecule has 6 nitrogen and oxygen atoms in total. The zero-order valence-electron chi connectivity index (χ0n) is 15.0. The molecule has 2 rings (SSSR count). The molecule has 1 aliphatic heterocycles. The fourth-order valence-corrected chi connectivity index (χ4v) is 3.07. The molecule has 1 fully saturated rings. The van der Waals surface area contributed by atoms with Crippen LogP contribution in [0.25, 0.3) is 0 Å². The van der Waals surface area contributed by atoms with Crippen LogP contribution < -0.4 is 10.2 Å². The summed E-state index contributed by atoms with van der Waals surface area (Å²) in [6.45, 7) is 8.23. The first-order chi connectivity index (χ1) is 11.6. The van der Waals surface area contributed by atoms with Crippen LogP contribution in [0, 0.1) is 0 Å². The lowest BCUT2D eigenvalue weighted by molar-refractivity contribution is 0.0766. The molecule has 1 atom stereocenters. The predicted molar refractivity (Wildman–Crippen MR) is 98.7 cm³/mol. The molecule has 2 N–H and O–H groups in total. The van der Waals surface area contributed by atoms with Crippen molar-refractivity contribution in [2.45, 2.75) is 26.3 Å². The summed E-state index contributed by atoms with van der Waals surface area (Å²) in [6.07, 6.45) is 0.930. The third-order valence-corrected chi connectivity index (χ3v) is 4.83. The van der Waals surface area contributed by atoms with Crippen LogP contribution in [0.2, 0.25) is 0 Å². The van der Waals surface area contributed by atoms with Gasteiger partial charge in [-0.15, -0.1) is 0 Å². The fraction of sp³-hybridized carbons (Fsp3) is 0.611. The van der Waals surface area contributed by atoms with Gasteiger partial charge in [0.2, 0.25) is 0 Å². The van der Waals surface area contributed by atoms with Crippen LogP contribution in [0.1, 0.15) is 20.3 Å². The van der Waals surface area contributed by atoms with E-state index in [9.17, 15) is 9.90 Å². The van der Waals surface area contributed by atoms with Gasteiger partial charge in [-0.2, -0.15) is 0 Å². The summed E-state index contributed by atoms with van der Waals surface area (Å²) in [5.74, 6) is 0. The lowest BCUT2D eigenvalue weighted by Gasteiger charge is -2.38. The smallest absolute Gasteiger partial charge is 0.321 e. The minimum absolute atomic E-state index is 0.0522. The van der Waals surface area contributed by atoms with E-state index in [1.54, 1.807) is 0 Å². The Morgan fingerprint density at radius 2 is 1.92 bits per heavy atom. The van der Waals surface area contributed by atoms with Crippen molar-refractivity contribution in [2.24, 2.45) is 0 Å². The highest BCUT2D eigenvalue weighted by Crippen LogP contribution is 2.24. The van der Waals surface area contributed by atoms with E-state index in [0.717, 1.165) is 37.4 Å². The average molecular weight is 334 g/mol. The summed E-state index contributed by atoms with van der Waals surface area (Å²) in [5.41, 5.74) is 1.87. The Bertz CT molecular complexity index is 526. The van der Waals surface area contributed by atoms with Crippen molar-refractivity contribution < 1.29 is 9.90 Å².